The summed E-state index contributed by atoms with van der Waals surface area (Å²) in [4.78, 5) is 48.3. The van der Waals surface area contributed by atoms with Crippen molar-refractivity contribution in [2.75, 3.05) is 0 Å². The van der Waals surface area contributed by atoms with E-state index in [-0.39, 0.29) is 28.9 Å². The molecule has 0 aliphatic heterocycles. The third kappa shape index (κ3) is 7.10. The Balaban J connectivity index is 1.91. The van der Waals surface area contributed by atoms with E-state index >= 15 is 0 Å². The molecule has 3 N–H and O–H groups in total. The number of carbonyl (C=O) groups excluding carboxylic acids is 2. The van der Waals surface area contributed by atoms with Crippen LogP contribution < -0.4 is 10.6 Å². The Kier molecular flexibility index (Phi) is 8.07. The van der Waals surface area contributed by atoms with Crippen LogP contribution in [0.2, 0.25) is 0 Å². The molecule has 0 saturated heterocycles. The summed E-state index contributed by atoms with van der Waals surface area (Å²) in [5.74, 6) is -2.69. The predicted molar refractivity (Wildman–Crippen MR) is 129 cm³/mol. The first-order valence-corrected chi connectivity index (χ1v) is 10.6. The molecule has 3 rings (SSSR count). The van der Waals surface area contributed by atoms with Crippen LogP contribution in [-0.4, -0.2) is 33.9 Å². The van der Waals surface area contributed by atoms with Crippen molar-refractivity contribution < 1.29 is 24.4 Å². The number of aryl methyl sites for hydroxylation is 1. The first kappa shape index (κ1) is 24.8. The van der Waals surface area contributed by atoms with Crippen molar-refractivity contribution in [1.82, 2.24) is 10.6 Å². The zero-order chi connectivity index (χ0) is 25.4. The predicted octanol–water partition coefficient (Wildman–Crippen LogP) is 3.49. The molecular weight excluding hydrogens is 450 g/mol. The van der Waals surface area contributed by atoms with Gasteiger partial charge in [-0.25, -0.2) is 4.79 Å². The topological polar surface area (TPSA) is 139 Å². The maximum absolute atomic E-state index is 13.1. The molecular formula is C26H23N3O6. The van der Waals surface area contributed by atoms with Gasteiger partial charge in [0.2, 0.25) is 0 Å². The van der Waals surface area contributed by atoms with Crippen LogP contribution in [0.25, 0.3) is 6.08 Å². The molecule has 0 bridgehead atoms. The van der Waals surface area contributed by atoms with Gasteiger partial charge in [-0.2, -0.15) is 0 Å². The van der Waals surface area contributed by atoms with Crippen molar-refractivity contribution >= 4 is 29.5 Å². The van der Waals surface area contributed by atoms with Gasteiger partial charge in [0, 0.05) is 24.1 Å². The number of carbonyl (C=O) groups is 3. The lowest BCUT2D eigenvalue weighted by Crippen LogP contribution is -2.45. The number of hydrogen-bond donors (Lipinski definition) is 3. The number of nitrogens with one attached hydrogen (secondary N) is 2. The van der Waals surface area contributed by atoms with E-state index in [0.717, 1.165) is 5.56 Å². The molecule has 2 amide bonds. The zero-order valence-electron chi connectivity index (χ0n) is 18.8. The Labute approximate surface area is 201 Å². The number of amides is 2. The lowest BCUT2D eigenvalue weighted by atomic mass is 10.1. The van der Waals surface area contributed by atoms with Gasteiger partial charge in [0.15, 0.2) is 0 Å². The molecule has 0 aromatic heterocycles. The highest BCUT2D eigenvalue weighted by atomic mass is 16.6. The monoisotopic (exact) mass is 473 g/mol. The number of aliphatic carboxylic acids is 1. The molecule has 0 aliphatic rings. The van der Waals surface area contributed by atoms with Crippen molar-refractivity contribution in [3.8, 4) is 0 Å². The lowest BCUT2D eigenvalue weighted by Gasteiger charge is -2.17. The Hall–Kier alpha value is -4.79. The Morgan fingerprint density at radius 1 is 1.00 bits per heavy atom. The molecule has 0 heterocycles. The zero-order valence-corrected chi connectivity index (χ0v) is 18.8. The van der Waals surface area contributed by atoms with Gasteiger partial charge >= 0.3 is 5.97 Å². The van der Waals surface area contributed by atoms with Crippen LogP contribution in [0.3, 0.4) is 0 Å². The Bertz CT molecular complexity index is 1270. The molecule has 35 heavy (non-hydrogen) atoms. The average Bonchev–Trinajstić information content (AvgIpc) is 2.84. The van der Waals surface area contributed by atoms with Gasteiger partial charge < -0.3 is 15.7 Å². The van der Waals surface area contributed by atoms with Gasteiger partial charge in [-0.3, -0.25) is 19.7 Å². The van der Waals surface area contributed by atoms with Crippen LogP contribution in [0.1, 0.15) is 27.0 Å². The van der Waals surface area contributed by atoms with E-state index in [1.165, 1.54) is 30.3 Å². The van der Waals surface area contributed by atoms with Crippen molar-refractivity contribution in [3.63, 3.8) is 0 Å². The van der Waals surface area contributed by atoms with E-state index in [4.69, 9.17) is 0 Å². The summed E-state index contributed by atoms with van der Waals surface area (Å²) in [6, 6.07) is 19.6. The molecule has 1 atom stereocenters. The maximum atomic E-state index is 13.1. The number of benzene rings is 3. The van der Waals surface area contributed by atoms with Gasteiger partial charge in [0.1, 0.15) is 11.7 Å². The molecule has 0 spiro atoms. The van der Waals surface area contributed by atoms with Crippen LogP contribution >= 0.6 is 0 Å². The minimum Gasteiger partial charge on any atom is -0.480 e. The summed E-state index contributed by atoms with van der Waals surface area (Å²) in [6.07, 6.45) is 1.29. The van der Waals surface area contributed by atoms with E-state index in [1.807, 2.05) is 6.92 Å². The first-order chi connectivity index (χ1) is 16.7. The second kappa shape index (κ2) is 11.4. The fourth-order valence-corrected chi connectivity index (χ4v) is 3.24. The normalized spacial score (nSPS) is 11.9. The maximum Gasteiger partial charge on any atom is 0.326 e. The standard InChI is InChI=1S/C26H23N3O6/c1-17-10-12-20(13-11-17)24(30)27-22(16-19-8-5-9-21(14-19)29(34)35)25(31)28-23(26(32)33)15-18-6-3-2-4-7-18/h2-14,16,23H,15H2,1H3,(H,27,30)(H,28,31)(H,32,33)/b22-16+/t23-/m0/s1. The molecule has 0 radical (unpaired) electrons. The van der Waals surface area contributed by atoms with Gasteiger partial charge in [0.05, 0.1) is 4.92 Å². The van der Waals surface area contributed by atoms with Crippen molar-refractivity contribution in [2.24, 2.45) is 0 Å². The van der Waals surface area contributed by atoms with E-state index in [9.17, 15) is 29.6 Å². The van der Waals surface area contributed by atoms with Crippen LogP contribution in [0.5, 0.6) is 0 Å². The molecule has 3 aromatic carbocycles. The van der Waals surface area contributed by atoms with Crippen molar-refractivity contribution in [1.29, 1.82) is 0 Å². The summed E-state index contributed by atoms with van der Waals surface area (Å²) < 4.78 is 0. The van der Waals surface area contributed by atoms with E-state index in [0.29, 0.717) is 5.56 Å². The summed E-state index contributed by atoms with van der Waals surface area (Å²) in [5.41, 5.74) is 1.76. The number of carboxylic acid groups (broad SMARTS) is 1. The quantitative estimate of drug-likeness (QED) is 0.247. The van der Waals surface area contributed by atoms with E-state index < -0.39 is 28.7 Å². The Morgan fingerprint density at radius 2 is 1.69 bits per heavy atom. The van der Waals surface area contributed by atoms with Gasteiger partial charge in [-0.05, 0) is 36.3 Å². The first-order valence-electron chi connectivity index (χ1n) is 10.6. The van der Waals surface area contributed by atoms with E-state index in [2.05, 4.69) is 10.6 Å². The lowest BCUT2D eigenvalue weighted by molar-refractivity contribution is -0.384. The number of non-ortho nitro benzene ring substituents is 1. The fraction of sp³-hybridized carbons (Fsp3) is 0.115. The van der Waals surface area contributed by atoms with Crippen molar-refractivity contribution in [3.05, 3.63) is 117 Å². The molecule has 0 saturated carbocycles. The smallest absolute Gasteiger partial charge is 0.326 e. The number of carboxylic acids is 1. The summed E-state index contributed by atoms with van der Waals surface area (Å²) in [5, 5.41) is 25.7. The second-order valence-corrected chi connectivity index (χ2v) is 7.78. The number of nitro benzene ring substituents is 1. The summed E-state index contributed by atoms with van der Waals surface area (Å²) in [7, 11) is 0. The highest BCUT2D eigenvalue weighted by molar-refractivity contribution is 6.06. The highest BCUT2D eigenvalue weighted by Crippen LogP contribution is 2.16. The number of rotatable bonds is 9. The largest absolute Gasteiger partial charge is 0.480 e. The number of nitrogens with zero attached hydrogens (tertiary/aromatic N) is 1. The number of hydrogen-bond acceptors (Lipinski definition) is 5. The molecule has 9 heteroatoms. The van der Waals surface area contributed by atoms with E-state index in [1.54, 1.807) is 54.6 Å². The molecule has 0 fully saturated rings. The average molecular weight is 473 g/mol. The molecule has 0 unspecified atom stereocenters. The molecule has 0 aliphatic carbocycles. The van der Waals surface area contributed by atoms with Crippen LogP contribution in [0, 0.1) is 17.0 Å². The summed E-state index contributed by atoms with van der Waals surface area (Å²) in [6.45, 7) is 1.86. The van der Waals surface area contributed by atoms with Gasteiger partial charge in [0.25, 0.3) is 17.5 Å². The van der Waals surface area contributed by atoms with Crippen LogP contribution in [0.15, 0.2) is 84.6 Å². The summed E-state index contributed by atoms with van der Waals surface area (Å²) >= 11 is 0. The third-order valence-electron chi connectivity index (χ3n) is 5.08. The third-order valence-corrected chi connectivity index (χ3v) is 5.08. The van der Waals surface area contributed by atoms with Crippen molar-refractivity contribution in [2.45, 2.75) is 19.4 Å². The molecule has 3 aromatic rings. The van der Waals surface area contributed by atoms with Gasteiger partial charge in [-0.15, -0.1) is 0 Å². The minimum atomic E-state index is -1.27. The van der Waals surface area contributed by atoms with Gasteiger partial charge in [-0.1, -0.05) is 60.2 Å². The highest BCUT2D eigenvalue weighted by Gasteiger charge is 2.24. The Morgan fingerprint density at radius 3 is 2.31 bits per heavy atom. The fourth-order valence-electron chi connectivity index (χ4n) is 3.24. The molecule has 178 valence electrons. The molecule has 9 nitrogen and oxygen atoms in total. The van der Waals surface area contributed by atoms with Crippen LogP contribution in [-0.2, 0) is 16.0 Å². The minimum absolute atomic E-state index is 0.0257. The van der Waals surface area contributed by atoms with Crippen LogP contribution in [0.4, 0.5) is 5.69 Å². The second-order valence-electron chi connectivity index (χ2n) is 7.78. The number of nitro groups is 1. The SMILES string of the molecule is Cc1ccc(C(=O)N/C(=C/c2cccc([N+](=O)[O-])c2)C(=O)N[C@@H](Cc2ccccc2)C(=O)O)cc1.